The van der Waals surface area contributed by atoms with Crippen LogP contribution in [-0.2, 0) is 4.74 Å². The second-order valence-electron chi connectivity index (χ2n) is 6.17. The molecule has 0 aromatic heterocycles. The summed E-state index contributed by atoms with van der Waals surface area (Å²) in [5.41, 5.74) is 0.818. The van der Waals surface area contributed by atoms with E-state index in [0.717, 1.165) is 19.3 Å². The van der Waals surface area contributed by atoms with E-state index in [1.54, 1.807) is 12.1 Å². The van der Waals surface area contributed by atoms with Crippen LogP contribution in [0.4, 0.5) is 0 Å². The molecule has 2 aliphatic rings. The molecule has 5 heteroatoms. The summed E-state index contributed by atoms with van der Waals surface area (Å²) < 4.78 is 5.78. The van der Waals surface area contributed by atoms with E-state index in [2.05, 4.69) is 5.32 Å². The number of benzene rings is 1. The maximum absolute atomic E-state index is 12.3. The molecule has 118 valence electrons. The van der Waals surface area contributed by atoms with Crippen molar-refractivity contribution in [1.82, 2.24) is 5.32 Å². The van der Waals surface area contributed by atoms with Gasteiger partial charge in [-0.05, 0) is 50.5 Å². The van der Waals surface area contributed by atoms with E-state index in [9.17, 15) is 9.59 Å². The highest BCUT2D eigenvalue weighted by Crippen LogP contribution is 2.57. The number of hydrogen-bond acceptors (Lipinski definition) is 3. The molecule has 0 saturated heterocycles. The van der Waals surface area contributed by atoms with Gasteiger partial charge in [0.15, 0.2) is 0 Å². The molecule has 0 radical (unpaired) electrons. The Labute approximate surface area is 129 Å². The second-order valence-corrected chi connectivity index (χ2v) is 6.17. The zero-order valence-corrected chi connectivity index (χ0v) is 12.7. The van der Waals surface area contributed by atoms with E-state index in [4.69, 9.17) is 9.84 Å². The third-order valence-electron chi connectivity index (χ3n) is 5.14. The molecule has 1 aromatic carbocycles. The second kappa shape index (κ2) is 5.72. The van der Waals surface area contributed by atoms with Crippen LogP contribution in [0.25, 0.3) is 0 Å². The molecular weight excluding hydrogens is 282 g/mol. The lowest BCUT2D eigenvalue weighted by Gasteiger charge is -2.61. The van der Waals surface area contributed by atoms with Crippen molar-refractivity contribution in [3.63, 3.8) is 0 Å². The molecule has 2 aliphatic carbocycles. The first kappa shape index (κ1) is 15.0. The number of carboxylic acids is 1. The number of aromatic carboxylic acids is 1. The minimum Gasteiger partial charge on any atom is -0.478 e. The van der Waals surface area contributed by atoms with Crippen LogP contribution in [0.5, 0.6) is 0 Å². The molecule has 0 bridgehead atoms. The Morgan fingerprint density at radius 3 is 2.41 bits per heavy atom. The highest BCUT2D eigenvalue weighted by Gasteiger charge is 2.59. The zero-order chi connectivity index (χ0) is 15.7. The number of ether oxygens (including phenoxy) is 1. The molecule has 0 heterocycles. The van der Waals surface area contributed by atoms with Crippen LogP contribution in [0.2, 0.25) is 0 Å². The molecule has 2 unspecified atom stereocenters. The van der Waals surface area contributed by atoms with Gasteiger partial charge in [-0.2, -0.15) is 0 Å². The van der Waals surface area contributed by atoms with Gasteiger partial charge in [0.05, 0.1) is 11.7 Å². The monoisotopic (exact) mass is 303 g/mol. The number of nitrogens with one attached hydrogen (secondary N) is 1. The van der Waals surface area contributed by atoms with Gasteiger partial charge >= 0.3 is 5.97 Å². The third-order valence-corrected chi connectivity index (χ3v) is 5.14. The summed E-state index contributed by atoms with van der Waals surface area (Å²) in [7, 11) is 0. The lowest BCUT2D eigenvalue weighted by atomic mass is 9.51. The minimum atomic E-state index is -0.987. The zero-order valence-electron chi connectivity index (χ0n) is 12.7. The molecule has 2 N–H and O–H groups in total. The van der Waals surface area contributed by atoms with Gasteiger partial charge in [0.25, 0.3) is 5.91 Å². The molecule has 2 atom stereocenters. The van der Waals surface area contributed by atoms with Crippen LogP contribution in [0, 0.1) is 5.41 Å². The number of carbonyl (C=O) groups excluding carboxylic acids is 1. The van der Waals surface area contributed by atoms with Crippen LogP contribution >= 0.6 is 0 Å². The van der Waals surface area contributed by atoms with Crippen molar-refractivity contribution in [3.05, 3.63) is 35.4 Å². The van der Waals surface area contributed by atoms with Crippen molar-refractivity contribution in [2.45, 2.75) is 44.8 Å². The largest absolute Gasteiger partial charge is 0.478 e. The fraction of sp³-hybridized carbons (Fsp3) is 0.529. The Balaban J connectivity index is 1.64. The van der Waals surface area contributed by atoms with Crippen molar-refractivity contribution < 1.29 is 19.4 Å². The van der Waals surface area contributed by atoms with Crippen molar-refractivity contribution in [1.29, 1.82) is 0 Å². The molecule has 2 saturated carbocycles. The van der Waals surface area contributed by atoms with E-state index in [1.807, 2.05) is 6.92 Å². The smallest absolute Gasteiger partial charge is 0.335 e. The van der Waals surface area contributed by atoms with Crippen LogP contribution in [0.15, 0.2) is 24.3 Å². The Hall–Kier alpha value is -1.88. The Morgan fingerprint density at radius 2 is 1.91 bits per heavy atom. The Kier molecular flexibility index (Phi) is 3.91. The van der Waals surface area contributed by atoms with E-state index in [0.29, 0.717) is 12.2 Å². The number of amides is 1. The number of carbonyl (C=O) groups is 2. The predicted octanol–water partition coefficient (Wildman–Crippen LogP) is 2.46. The highest BCUT2D eigenvalue weighted by molar-refractivity contribution is 5.96. The molecule has 1 spiro atoms. The van der Waals surface area contributed by atoms with Crippen LogP contribution < -0.4 is 5.32 Å². The van der Waals surface area contributed by atoms with Crippen molar-refractivity contribution >= 4 is 11.9 Å². The number of hydrogen-bond donors (Lipinski definition) is 2. The first-order valence-electron chi connectivity index (χ1n) is 7.82. The Morgan fingerprint density at radius 1 is 1.27 bits per heavy atom. The van der Waals surface area contributed by atoms with E-state index in [1.165, 1.54) is 18.6 Å². The topological polar surface area (TPSA) is 75.6 Å². The lowest BCUT2D eigenvalue weighted by molar-refractivity contribution is -0.169. The molecule has 3 rings (SSSR count). The summed E-state index contributed by atoms with van der Waals surface area (Å²) in [5.74, 6) is -1.12. The Bertz CT molecular complexity index is 577. The molecule has 1 aromatic rings. The predicted molar refractivity (Wildman–Crippen MR) is 81.0 cm³/mol. The molecule has 2 fully saturated rings. The molecule has 5 nitrogen and oxygen atoms in total. The van der Waals surface area contributed by atoms with Gasteiger partial charge in [-0.15, -0.1) is 0 Å². The fourth-order valence-electron chi connectivity index (χ4n) is 3.65. The van der Waals surface area contributed by atoms with Gasteiger partial charge in [0, 0.05) is 23.6 Å². The summed E-state index contributed by atoms with van der Waals surface area (Å²) >= 11 is 0. The normalized spacial score (nSPS) is 25.1. The first-order valence-corrected chi connectivity index (χ1v) is 7.82. The molecular formula is C17H21NO4. The number of carboxylic acid groups (broad SMARTS) is 1. The summed E-state index contributed by atoms with van der Waals surface area (Å²) in [5, 5.41) is 12.0. The average Bonchev–Trinajstić information content (AvgIpc) is 2.44. The molecule has 0 aliphatic heterocycles. The van der Waals surface area contributed by atoms with Gasteiger partial charge < -0.3 is 15.2 Å². The molecule has 1 amide bonds. The van der Waals surface area contributed by atoms with Crippen molar-refractivity contribution in [3.8, 4) is 0 Å². The quantitative estimate of drug-likeness (QED) is 0.876. The van der Waals surface area contributed by atoms with E-state index >= 15 is 0 Å². The fourth-order valence-corrected chi connectivity index (χ4v) is 3.65. The van der Waals surface area contributed by atoms with Crippen LogP contribution in [-0.4, -0.2) is 35.7 Å². The summed E-state index contributed by atoms with van der Waals surface area (Å²) in [4.78, 5) is 23.2. The average molecular weight is 303 g/mol. The SMILES string of the molecule is CCOC1CC(NC(=O)c2ccc(C(=O)O)cc2)C12CCC2. The van der Waals surface area contributed by atoms with Gasteiger partial charge in [-0.3, -0.25) is 4.79 Å². The van der Waals surface area contributed by atoms with Gasteiger partial charge in [-0.25, -0.2) is 4.79 Å². The molecule has 22 heavy (non-hydrogen) atoms. The van der Waals surface area contributed by atoms with Crippen molar-refractivity contribution in [2.75, 3.05) is 6.61 Å². The van der Waals surface area contributed by atoms with Crippen LogP contribution in [0.3, 0.4) is 0 Å². The first-order chi connectivity index (χ1) is 10.6. The van der Waals surface area contributed by atoms with Crippen molar-refractivity contribution in [2.24, 2.45) is 5.41 Å². The maximum Gasteiger partial charge on any atom is 0.335 e. The summed E-state index contributed by atoms with van der Waals surface area (Å²) in [6, 6.07) is 6.21. The van der Waals surface area contributed by atoms with Gasteiger partial charge in [0.2, 0.25) is 0 Å². The van der Waals surface area contributed by atoms with Crippen LogP contribution in [0.1, 0.15) is 53.3 Å². The maximum atomic E-state index is 12.3. The third kappa shape index (κ3) is 2.39. The van der Waals surface area contributed by atoms with E-state index in [-0.39, 0.29) is 29.0 Å². The van der Waals surface area contributed by atoms with Gasteiger partial charge in [-0.1, -0.05) is 6.42 Å². The van der Waals surface area contributed by atoms with E-state index < -0.39 is 5.97 Å². The number of rotatable bonds is 5. The summed E-state index contributed by atoms with van der Waals surface area (Å²) in [6.07, 6.45) is 4.56. The highest BCUT2D eigenvalue weighted by atomic mass is 16.5. The van der Waals surface area contributed by atoms with Gasteiger partial charge in [0.1, 0.15) is 0 Å². The lowest BCUT2D eigenvalue weighted by Crippen LogP contribution is -2.67. The standard InChI is InChI=1S/C17H21NO4/c1-2-22-14-10-13(17(14)8-3-9-17)18-15(19)11-4-6-12(7-5-11)16(20)21/h4-7,13-14H,2-3,8-10H2,1H3,(H,18,19)(H,20,21). The summed E-state index contributed by atoms with van der Waals surface area (Å²) in [6.45, 7) is 2.71. The minimum absolute atomic E-state index is 0.132.